The van der Waals surface area contributed by atoms with E-state index in [4.69, 9.17) is 22.2 Å². The molecule has 0 bridgehead atoms. The first-order valence-electron chi connectivity index (χ1n) is 19.1. The van der Waals surface area contributed by atoms with Crippen molar-refractivity contribution in [1.82, 2.24) is 20.1 Å². The number of nitrogens with zero attached hydrogens (tertiary/aromatic N) is 6. The van der Waals surface area contributed by atoms with E-state index >= 15 is 0 Å². The van der Waals surface area contributed by atoms with Crippen LogP contribution in [0.25, 0.3) is 0 Å². The molecule has 2 aromatic carbocycles. The van der Waals surface area contributed by atoms with Crippen LogP contribution in [0.3, 0.4) is 0 Å². The molecular formula is C40H42F5N9O5S. The van der Waals surface area contributed by atoms with Crippen LogP contribution >= 0.6 is 12.2 Å². The van der Waals surface area contributed by atoms with E-state index in [-0.39, 0.29) is 47.6 Å². The van der Waals surface area contributed by atoms with Gasteiger partial charge in [0.05, 0.1) is 29.7 Å². The summed E-state index contributed by atoms with van der Waals surface area (Å²) in [7, 11) is 0. The zero-order valence-electron chi connectivity index (χ0n) is 33.1. The second kappa shape index (κ2) is 17.4. The average molecular weight is 856 g/mol. The molecule has 3 aliphatic rings. The summed E-state index contributed by atoms with van der Waals surface area (Å²) in [6, 6.07) is 8.58. The number of halogens is 5. The number of nitriles is 1. The average Bonchev–Trinajstić information content (AvgIpc) is 3.36. The van der Waals surface area contributed by atoms with Crippen LogP contribution in [0.1, 0.15) is 57.4 Å². The van der Waals surface area contributed by atoms with Crippen molar-refractivity contribution in [2.45, 2.75) is 70.8 Å². The molecule has 3 aliphatic heterocycles. The minimum Gasteiger partial charge on any atom is -0.492 e. The molecule has 4 amide bonds. The van der Waals surface area contributed by atoms with E-state index in [9.17, 15) is 41.1 Å². The summed E-state index contributed by atoms with van der Waals surface area (Å²) in [5.41, 5.74) is -2.58. The Morgan fingerprint density at radius 2 is 1.87 bits per heavy atom. The third-order valence-corrected chi connectivity index (χ3v) is 11.0. The number of thiocarbonyl (C=S) groups is 1. The Bertz CT molecular complexity index is 2270. The number of hydrogen-bond acceptors (Lipinski definition) is 11. The fourth-order valence-electron chi connectivity index (χ4n) is 7.42. The van der Waals surface area contributed by atoms with Crippen LogP contribution in [0.15, 0.2) is 42.6 Å². The van der Waals surface area contributed by atoms with E-state index in [0.717, 1.165) is 22.7 Å². The van der Waals surface area contributed by atoms with Crippen LogP contribution < -0.4 is 30.5 Å². The number of pyridine rings is 1. The summed E-state index contributed by atoms with van der Waals surface area (Å²) in [6.07, 6.45) is -3.05. The summed E-state index contributed by atoms with van der Waals surface area (Å²) < 4.78 is 76.6. The highest BCUT2D eigenvalue weighted by Crippen LogP contribution is 2.40. The van der Waals surface area contributed by atoms with Gasteiger partial charge >= 0.3 is 6.18 Å². The highest BCUT2D eigenvalue weighted by Gasteiger charge is 2.51. The smallest absolute Gasteiger partial charge is 0.419 e. The van der Waals surface area contributed by atoms with Crippen molar-refractivity contribution in [3.05, 3.63) is 71.1 Å². The standard InChI is InChI=1S/C40H42F5N9O5S/c1-5-23-14-25(54-38(60)53(37(58)39(54,3)4)26-17-27(40(43,44)45)31(18-46)47-19-26)6-8-32(23)59-13-12-51-10-11-52(22(2)20-51)21-34(56)49-30-16-24(15-28(41)35(30)42)48-29-7-9-33(55)50-36(29)57/h6,8,14-17,19,22,29,48H,5,7,9-13,20-21H2,1-4H3,(H,49,56)(H,50,55,57). The number of alkyl halides is 3. The van der Waals surface area contributed by atoms with Gasteiger partial charge in [0, 0.05) is 56.1 Å². The van der Waals surface area contributed by atoms with Gasteiger partial charge in [0.1, 0.15) is 30.0 Å². The fraction of sp³-hybridized carbons (Fsp3) is 0.425. The van der Waals surface area contributed by atoms with Gasteiger partial charge in [-0.3, -0.25) is 39.2 Å². The maximum absolute atomic E-state index is 14.7. The van der Waals surface area contributed by atoms with Crippen LogP contribution in [-0.2, 0) is 31.8 Å². The largest absolute Gasteiger partial charge is 0.492 e. The number of amides is 4. The predicted octanol–water partition coefficient (Wildman–Crippen LogP) is 4.97. The van der Waals surface area contributed by atoms with E-state index in [2.05, 4.69) is 25.8 Å². The number of ether oxygens (including phenoxy) is 1. The van der Waals surface area contributed by atoms with E-state index in [1.54, 1.807) is 30.9 Å². The summed E-state index contributed by atoms with van der Waals surface area (Å²) >= 11 is 5.66. The second-order valence-corrected chi connectivity index (χ2v) is 15.5. The quantitative estimate of drug-likeness (QED) is 0.128. The number of piperazine rings is 1. The van der Waals surface area contributed by atoms with Crippen LogP contribution in [0.5, 0.6) is 5.75 Å². The molecule has 6 rings (SSSR count). The summed E-state index contributed by atoms with van der Waals surface area (Å²) in [5, 5.41) is 16.5. The predicted molar refractivity (Wildman–Crippen MR) is 214 cm³/mol. The lowest BCUT2D eigenvalue weighted by molar-refractivity contribution is -0.138. The topological polar surface area (TPSA) is 163 Å². The number of carbonyl (C=O) groups is 4. The molecule has 3 fully saturated rings. The van der Waals surface area contributed by atoms with E-state index in [1.807, 2.05) is 24.8 Å². The zero-order valence-corrected chi connectivity index (χ0v) is 33.9. The molecule has 3 saturated heterocycles. The minimum absolute atomic E-state index is 0.0549. The lowest BCUT2D eigenvalue weighted by Gasteiger charge is -2.39. The SMILES string of the molecule is CCc1cc(N2C(=S)N(c3cnc(C#N)c(C(F)(F)F)c3)C(=O)C2(C)C)ccc1OCCN1CCN(CC(=O)Nc2cc(NC3CCC(=O)NC3=O)cc(F)c2F)C(C)C1. The van der Waals surface area contributed by atoms with Gasteiger partial charge in [0.2, 0.25) is 17.7 Å². The molecule has 0 saturated carbocycles. The molecule has 2 unspecified atom stereocenters. The van der Waals surface area contributed by atoms with Gasteiger partial charge in [-0.15, -0.1) is 0 Å². The van der Waals surface area contributed by atoms with Gasteiger partial charge < -0.3 is 20.3 Å². The molecule has 60 heavy (non-hydrogen) atoms. The van der Waals surface area contributed by atoms with Crippen LogP contribution in [0, 0.1) is 23.0 Å². The van der Waals surface area contributed by atoms with E-state index < -0.39 is 64.3 Å². The first-order chi connectivity index (χ1) is 28.3. The summed E-state index contributed by atoms with van der Waals surface area (Å²) in [6.45, 7) is 9.58. The summed E-state index contributed by atoms with van der Waals surface area (Å²) in [5.74, 6) is -3.99. The number of aromatic nitrogens is 1. The zero-order chi connectivity index (χ0) is 43.7. The van der Waals surface area contributed by atoms with Gasteiger partial charge in [-0.25, -0.2) is 13.8 Å². The Balaban J connectivity index is 1.03. The van der Waals surface area contributed by atoms with Crippen molar-refractivity contribution < 1.29 is 45.9 Å². The first-order valence-corrected chi connectivity index (χ1v) is 19.5. The number of imide groups is 1. The van der Waals surface area contributed by atoms with E-state index in [1.165, 1.54) is 12.1 Å². The second-order valence-electron chi connectivity index (χ2n) is 15.1. The number of aryl methyl sites for hydroxylation is 1. The third-order valence-electron chi connectivity index (χ3n) is 10.6. The number of nitrogens with one attached hydrogen (secondary N) is 3. The normalized spacial score (nSPS) is 19.9. The number of hydrogen-bond donors (Lipinski definition) is 3. The van der Waals surface area contributed by atoms with Crippen molar-refractivity contribution in [2.24, 2.45) is 0 Å². The molecular weight excluding hydrogens is 814 g/mol. The van der Waals surface area contributed by atoms with Crippen LogP contribution in [0.2, 0.25) is 0 Å². The molecule has 4 heterocycles. The molecule has 3 aromatic rings. The molecule has 0 radical (unpaired) electrons. The highest BCUT2D eigenvalue weighted by atomic mass is 32.1. The van der Waals surface area contributed by atoms with Gasteiger partial charge in [-0.2, -0.15) is 18.4 Å². The maximum atomic E-state index is 14.7. The minimum atomic E-state index is -4.88. The van der Waals surface area contributed by atoms with Crippen molar-refractivity contribution >= 4 is 63.7 Å². The molecule has 0 aliphatic carbocycles. The lowest BCUT2D eigenvalue weighted by atomic mass is 10.0. The van der Waals surface area contributed by atoms with Crippen molar-refractivity contribution in [3.63, 3.8) is 0 Å². The molecule has 14 nitrogen and oxygen atoms in total. The summed E-state index contributed by atoms with van der Waals surface area (Å²) in [4.78, 5) is 60.5. The Hall–Kier alpha value is -5.78. The molecule has 2 atom stereocenters. The van der Waals surface area contributed by atoms with Crippen LogP contribution in [0.4, 0.5) is 44.7 Å². The Labute approximate surface area is 347 Å². The lowest BCUT2D eigenvalue weighted by Crippen LogP contribution is -2.54. The molecule has 1 aromatic heterocycles. The number of carbonyl (C=O) groups excluding carboxylic acids is 4. The van der Waals surface area contributed by atoms with Gasteiger partial charge in [0.15, 0.2) is 22.4 Å². The van der Waals surface area contributed by atoms with Crippen LogP contribution in [-0.4, -0.2) is 100 Å². The fourth-order valence-corrected chi connectivity index (χ4v) is 7.94. The van der Waals surface area contributed by atoms with Gasteiger partial charge in [-0.05, 0) is 81.7 Å². The number of benzene rings is 2. The number of piperidine rings is 1. The van der Waals surface area contributed by atoms with Crippen molar-refractivity contribution in [1.29, 1.82) is 5.26 Å². The number of anilines is 4. The van der Waals surface area contributed by atoms with Gasteiger partial charge in [-0.1, -0.05) is 6.92 Å². The molecule has 20 heteroatoms. The molecule has 3 N–H and O–H groups in total. The Morgan fingerprint density at radius 1 is 1.12 bits per heavy atom. The Morgan fingerprint density at radius 3 is 2.53 bits per heavy atom. The number of rotatable bonds is 12. The first kappa shape index (κ1) is 43.8. The molecule has 318 valence electrons. The van der Waals surface area contributed by atoms with Crippen molar-refractivity contribution in [2.75, 3.05) is 59.8 Å². The maximum Gasteiger partial charge on any atom is 0.419 e. The third kappa shape index (κ3) is 9.17. The monoisotopic (exact) mass is 855 g/mol. The molecule has 0 spiro atoms. The Kier molecular flexibility index (Phi) is 12.7. The van der Waals surface area contributed by atoms with Crippen molar-refractivity contribution in [3.8, 4) is 11.8 Å². The van der Waals surface area contributed by atoms with Gasteiger partial charge in [0.25, 0.3) is 5.91 Å². The highest BCUT2D eigenvalue weighted by molar-refractivity contribution is 7.81. The van der Waals surface area contributed by atoms with E-state index in [0.29, 0.717) is 56.7 Å².